The first kappa shape index (κ1) is 13.9. The number of anilines is 1. The van der Waals surface area contributed by atoms with E-state index in [0.29, 0.717) is 18.8 Å². The van der Waals surface area contributed by atoms with E-state index in [-0.39, 0.29) is 11.5 Å². The molecule has 0 saturated carbocycles. The Kier molecular flexibility index (Phi) is 4.24. The summed E-state index contributed by atoms with van der Waals surface area (Å²) in [5, 5.41) is 11.8. The Morgan fingerprint density at radius 2 is 2.20 bits per heavy atom. The molecule has 0 aliphatic carbocycles. The minimum atomic E-state index is -1.12. The highest BCUT2D eigenvalue weighted by molar-refractivity contribution is 5.85. The summed E-state index contributed by atoms with van der Waals surface area (Å²) in [5.74, 6) is -0.959. The third kappa shape index (κ3) is 3.50. The largest absolute Gasteiger partial charge is 0.476 e. The minimum absolute atomic E-state index is 0.104. The van der Waals surface area contributed by atoms with Gasteiger partial charge in [-0.2, -0.15) is 0 Å². The lowest BCUT2D eigenvalue weighted by Crippen LogP contribution is -2.10. The molecule has 104 valence electrons. The minimum Gasteiger partial charge on any atom is -0.476 e. The van der Waals surface area contributed by atoms with Crippen LogP contribution in [-0.2, 0) is 6.42 Å². The van der Waals surface area contributed by atoms with Crippen LogP contribution in [-0.4, -0.2) is 27.6 Å². The molecule has 0 atom stereocenters. The summed E-state index contributed by atoms with van der Waals surface area (Å²) in [6.45, 7) is 2.41. The fourth-order valence-electron chi connectivity index (χ4n) is 1.82. The molecule has 2 N–H and O–H groups in total. The van der Waals surface area contributed by atoms with Gasteiger partial charge in [0, 0.05) is 6.54 Å². The summed E-state index contributed by atoms with van der Waals surface area (Å²) in [5.41, 5.74) is 1.81. The van der Waals surface area contributed by atoms with Crippen LogP contribution in [0.25, 0.3) is 0 Å². The quantitative estimate of drug-likeness (QED) is 0.875. The third-order valence-corrected chi connectivity index (χ3v) is 2.86. The van der Waals surface area contributed by atoms with Gasteiger partial charge in [-0.25, -0.2) is 14.2 Å². The van der Waals surface area contributed by atoms with Gasteiger partial charge >= 0.3 is 5.97 Å². The smallest absolute Gasteiger partial charge is 0.356 e. The summed E-state index contributed by atoms with van der Waals surface area (Å²) >= 11 is 0. The molecule has 0 amide bonds. The molecular formula is C14H14FN3O2. The molecular weight excluding hydrogens is 261 g/mol. The molecule has 1 aromatic carbocycles. The number of aryl methyl sites for hydroxylation is 1. The number of carboxylic acid groups (broad SMARTS) is 1. The van der Waals surface area contributed by atoms with E-state index in [2.05, 4.69) is 15.3 Å². The highest BCUT2D eigenvalue weighted by Crippen LogP contribution is 2.11. The Morgan fingerprint density at radius 1 is 1.40 bits per heavy atom. The van der Waals surface area contributed by atoms with Gasteiger partial charge in [0.2, 0.25) is 0 Å². The van der Waals surface area contributed by atoms with Crippen molar-refractivity contribution in [2.75, 3.05) is 11.9 Å². The first-order valence-corrected chi connectivity index (χ1v) is 6.10. The number of halogens is 1. The molecule has 0 fully saturated rings. The molecule has 20 heavy (non-hydrogen) atoms. The van der Waals surface area contributed by atoms with E-state index in [9.17, 15) is 9.18 Å². The maximum atomic E-state index is 13.0. The SMILES string of the molecule is Cc1cc(F)ccc1CCNc1cncc(C(=O)O)n1. The van der Waals surface area contributed by atoms with Gasteiger partial charge in [-0.05, 0) is 36.6 Å². The van der Waals surface area contributed by atoms with E-state index >= 15 is 0 Å². The van der Waals surface area contributed by atoms with Crippen molar-refractivity contribution in [1.82, 2.24) is 9.97 Å². The zero-order valence-electron chi connectivity index (χ0n) is 10.9. The van der Waals surface area contributed by atoms with Gasteiger partial charge in [-0.15, -0.1) is 0 Å². The number of nitrogens with one attached hydrogen (secondary N) is 1. The van der Waals surface area contributed by atoms with Crippen LogP contribution in [0.3, 0.4) is 0 Å². The van der Waals surface area contributed by atoms with Crippen LogP contribution in [0.2, 0.25) is 0 Å². The molecule has 0 radical (unpaired) electrons. The summed E-state index contributed by atoms with van der Waals surface area (Å²) in [4.78, 5) is 18.5. The first-order chi connectivity index (χ1) is 9.56. The van der Waals surface area contributed by atoms with Gasteiger partial charge in [-0.3, -0.25) is 4.98 Å². The predicted octanol–water partition coefficient (Wildman–Crippen LogP) is 2.28. The predicted molar refractivity (Wildman–Crippen MR) is 72.3 cm³/mol. The second-order valence-electron chi connectivity index (χ2n) is 4.34. The van der Waals surface area contributed by atoms with Crippen LogP contribution in [0.4, 0.5) is 10.2 Å². The van der Waals surface area contributed by atoms with Crippen LogP contribution >= 0.6 is 0 Å². The van der Waals surface area contributed by atoms with Crippen molar-refractivity contribution in [2.45, 2.75) is 13.3 Å². The summed E-state index contributed by atoms with van der Waals surface area (Å²) in [6.07, 6.45) is 3.34. The van der Waals surface area contributed by atoms with Crippen molar-refractivity contribution < 1.29 is 14.3 Å². The lowest BCUT2D eigenvalue weighted by molar-refractivity contribution is 0.0690. The van der Waals surface area contributed by atoms with Crippen LogP contribution in [0, 0.1) is 12.7 Å². The summed E-state index contributed by atoms with van der Waals surface area (Å²) in [6, 6.07) is 4.65. The van der Waals surface area contributed by atoms with Crippen LogP contribution < -0.4 is 5.32 Å². The lowest BCUT2D eigenvalue weighted by Gasteiger charge is -2.08. The van der Waals surface area contributed by atoms with E-state index in [1.165, 1.54) is 24.5 Å². The number of benzene rings is 1. The summed E-state index contributed by atoms with van der Waals surface area (Å²) < 4.78 is 13.0. The van der Waals surface area contributed by atoms with Gasteiger partial charge in [0.1, 0.15) is 11.6 Å². The van der Waals surface area contributed by atoms with Gasteiger partial charge in [0.15, 0.2) is 5.69 Å². The lowest BCUT2D eigenvalue weighted by atomic mass is 10.1. The van der Waals surface area contributed by atoms with E-state index < -0.39 is 5.97 Å². The Labute approximate surface area is 115 Å². The van der Waals surface area contributed by atoms with Gasteiger partial charge in [0.05, 0.1) is 12.4 Å². The molecule has 2 aromatic rings. The number of nitrogens with zero attached hydrogens (tertiary/aromatic N) is 2. The van der Waals surface area contributed by atoms with E-state index in [4.69, 9.17) is 5.11 Å². The molecule has 5 nitrogen and oxygen atoms in total. The van der Waals surface area contributed by atoms with Gasteiger partial charge in [-0.1, -0.05) is 6.07 Å². The second kappa shape index (κ2) is 6.10. The van der Waals surface area contributed by atoms with E-state index in [1.54, 1.807) is 6.07 Å². The number of carboxylic acids is 1. The molecule has 1 aromatic heterocycles. The molecule has 0 aliphatic heterocycles. The van der Waals surface area contributed by atoms with Crippen LogP contribution in [0.1, 0.15) is 21.6 Å². The Balaban J connectivity index is 1.96. The van der Waals surface area contributed by atoms with E-state index in [1.807, 2.05) is 6.92 Å². The number of aromatic carboxylic acids is 1. The molecule has 0 unspecified atom stereocenters. The Bertz CT molecular complexity index is 632. The highest BCUT2D eigenvalue weighted by atomic mass is 19.1. The molecule has 6 heteroatoms. The van der Waals surface area contributed by atoms with Crippen molar-refractivity contribution >= 4 is 11.8 Å². The second-order valence-corrected chi connectivity index (χ2v) is 4.34. The maximum Gasteiger partial charge on any atom is 0.356 e. The average molecular weight is 275 g/mol. The third-order valence-electron chi connectivity index (χ3n) is 2.86. The zero-order valence-corrected chi connectivity index (χ0v) is 10.9. The number of hydrogen-bond donors (Lipinski definition) is 2. The molecule has 0 aliphatic rings. The fraction of sp³-hybridized carbons (Fsp3) is 0.214. The molecule has 0 saturated heterocycles. The monoisotopic (exact) mass is 275 g/mol. The van der Waals surface area contributed by atoms with Crippen LogP contribution in [0.5, 0.6) is 0 Å². The van der Waals surface area contributed by atoms with Crippen molar-refractivity contribution in [2.24, 2.45) is 0 Å². The van der Waals surface area contributed by atoms with Crippen LogP contribution in [0.15, 0.2) is 30.6 Å². The number of carbonyl (C=O) groups is 1. The average Bonchev–Trinajstić information content (AvgIpc) is 2.41. The molecule has 2 rings (SSSR count). The van der Waals surface area contributed by atoms with Crippen molar-refractivity contribution in [3.8, 4) is 0 Å². The normalized spacial score (nSPS) is 10.3. The van der Waals surface area contributed by atoms with Gasteiger partial charge < -0.3 is 10.4 Å². The Hall–Kier alpha value is -2.50. The molecule has 1 heterocycles. The number of aromatic nitrogens is 2. The number of hydrogen-bond acceptors (Lipinski definition) is 4. The zero-order chi connectivity index (χ0) is 14.5. The topological polar surface area (TPSA) is 75.1 Å². The number of rotatable bonds is 5. The fourth-order valence-corrected chi connectivity index (χ4v) is 1.82. The van der Waals surface area contributed by atoms with Crippen molar-refractivity contribution in [3.63, 3.8) is 0 Å². The van der Waals surface area contributed by atoms with E-state index in [0.717, 1.165) is 11.1 Å². The standard InChI is InChI=1S/C14H14FN3O2/c1-9-6-11(15)3-2-10(9)4-5-17-13-8-16-7-12(18-13)14(19)20/h2-3,6-8H,4-5H2,1H3,(H,17,18)(H,19,20). The van der Waals surface area contributed by atoms with Crippen molar-refractivity contribution in [1.29, 1.82) is 0 Å². The molecule has 0 spiro atoms. The molecule has 0 bridgehead atoms. The highest BCUT2D eigenvalue weighted by Gasteiger charge is 2.06. The van der Waals surface area contributed by atoms with Crippen molar-refractivity contribution in [3.05, 3.63) is 53.2 Å². The summed E-state index contributed by atoms with van der Waals surface area (Å²) in [7, 11) is 0. The Morgan fingerprint density at radius 3 is 2.90 bits per heavy atom. The maximum absolute atomic E-state index is 13.0. The first-order valence-electron chi connectivity index (χ1n) is 6.10. The van der Waals surface area contributed by atoms with Gasteiger partial charge in [0.25, 0.3) is 0 Å².